The van der Waals surface area contributed by atoms with E-state index in [4.69, 9.17) is 9.47 Å². The molecular formula is C25H30F3N3O6S. The van der Waals surface area contributed by atoms with Gasteiger partial charge in [-0.15, -0.1) is 0 Å². The van der Waals surface area contributed by atoms with Gasteiger partial charge in [-0.05, 0) is 54.8 Å². The van der Waals surface area contributed by atoms with Gasteiger partial charge in [0.1, 0.15) is 6.04 Å². The smallest absolute Gasteiger partial charge is 0.416 e. The number of nitrogens with one attached hydrogen (secondary N) is 2. The Kier molecular flexibility index (Phi) is 9.26. The Balaban J connectivity index is 1.63. The first-order valence-electron chi connectivity index (χ1n) is 11.8. The molecule has 0 saturated carbocycles. The first-order valence-corrected chi connectivity index (χ1v) is 13.2. The quantitative estimate of drug-likeness (QED) is 0.490. The molecule has 2 N–H and O–H groups in total. The summed E-state index contributed by atoms with van der Waals surface area (Å²) in [6.07, 6.45) is -3.77. The average Bonchev–Trinajstić information content (AvgIpc) is 2.87. The average molecular weight is 558 g/mol. The summed E-state index contributed by atoms with van der Waals surface area (Å²) in [6.45, 7) is 1.46. The molecule has 0 unspecified atom stereocenters. The van der Waals surface area contributed by atoms with Gasteiger partial charge in [-0.3, -0.25) is 9.59 Å². The minimum Gasteiger partial charge on any atom is -0.493 e. The highest BCUT2D eigenvalue weighted by molar-refractivity contribution is 7.89. The van der Waals surface area contributed by atoms with Crippen LogP contribution in [0, 0.1) is 0 Å². The number of sulfonamides is 1. The van der Waals surface area contributed by atoms with Gasteiger partial charge < -0.3 is 20.1 Å². The maximum atomic E-state index is 13.0. The van der Waals surface area contributed by atoms with Crippen molar-refractivity contribution in [3.05, 3.63) is 53.6 Å². The van der Waals surface area contributed by atoms with E-state index in [0.29, 0.717) is 24.3 Å². The maximum Gasteiger partial charge on any atom is 0.416 e. The number of halogens is 3. The molecule has 0 bridgehead atoms. The van der Waals surface area contributed by atoms with Crippen LogP contribution in [0.15, 0.2) is 47.4 Å². The van der Waals surface area contributed by atoms with Crippen LogP contribution in [0.3, 0.4) is 0 Å². The van der Waals surface area contributed by atoms with Gasteiger partial charge in [-0.1, -0.05) is 6.07 Å². The summed E-state index contributed by atoms with van der Waals surface area (Å²) in [5.74, 6) is 0.200. The molecule has 0 aromatic heterocycles. The molecule has 0 radical (unpaired) electrons. The first kappa shape index (κ1) is 29.2. The van der Waals surface area contributed by atoms with E-state index < -0.39 is 33.7 Å². The van der Waals surface area contributed by atoms with Crippen molar-refractivity contribution in [2.45, 2.75) is 49.3 Å². The number of carbonyl (C=O) groups is 2. The number of amides is 2. The van der Waals surface area contributed by atoms with Crippen molar-refractivity contribution < 1.29 is 40.7 Å². The molecule has 2 amide bonds. The summed E-state index contributed by atoms with van der Waals surface area (Å²) in [7, 11) is -0.992. The van der Waals surface area contributed by atoms with Crippen LogP contribution in [-0.4, -0.2) is 63.9 Å². The predicted molar refractivity (Wildman–Crippen MR) is 132 cm³/mol. The summed E-state index contributed by atoms with van der Waals surface area (Å²) < 4.78 is 75.9. The third-order valence-electron chi connectivity index (χ3n) is 6.20. The number of hydrogen-bond acceptors (Lipinski definition) is 6. The van der Waals surface area contributed by atoms with Crippen LogP contribution in [0.2, 0.25) is 0 Å². The molecule has 1 aliphatic rings. The van der Waals surface area contributed by atoms with Crippen LogP contribution < -0.4 is 20.1 Å². The minimum atomic E-state index is -4.56. The zero-order valence-electron chi connectivity index (χ0n) is 21.2. The predicted octanol–water partition coefficient (Wildman–Crippen LogP) is 2.74. The Morgan fingerprint density at radius 1 is 1.03 bits per heavy atom. The van der Waals surface area contributed by atoms with Gasteiger partial charge in [0.2, 0.25) is 21.8 Å². The Morgan fingerprint density at radius 2 is 1.63 bits per heavy atom. The number of carbonyl (C=O) groups excluding carboxylic acids is 2. The van der Waals surface area contributed by atoms with Crippen molar-refractivity contribution in [1.29, 1.82) is 0 Å². The highest BCUT2D eigenvalue weighted by Gasteiger charge is 2.33. The highest BCUT2D eigenvalue weighted by atomic mass is 32.2. The van der Waals surface area contributed by atoms with Crippen molar-refractivity contribution in [3.8, 4) is 11.5 Å². The molecule has 0 spiro atoms. The molecule has 0 aliphatic carbocycles. The molecule has 1 atom stereocenters. The lowest BCUT2D eigenvalue weighted by Gasteiger charge is -2.32. The van der Waals surface area contributed by atoms with Crippen molar-refractivity contribution >= 4 is 21.8 Å². The monoisotopic (exact) mass is 557 g/mol. The number of nitrogens with zero attached hydrogens (tertiary/aromatic N) is 1. The number of methoxy groups -OCH3 is 2. The van der Waals surface area contributed by atoms with Gasteiger partial charge in [-0.25, -0.2) is 8.42 Å². The first-order chi connectivity index (χ1) is 17.8. The molecule has 13 heteroatoms. The number of piperidine rings is 1. The number of rotatable bonds is 9. The zero-order chi connectivity index (χ0) is 28.1. The molecule has 3 rings (SSSR count). The fourth-order valence-corrected chi connectivity index (χ4v) is 5.67. The van der Waals surface area contributed by atoms with Crippen molar-refractivity contribution in [2.24, 2.45) is 0 Å². The van der Waals surface area contributed by atoms with E-state index in [1.54, 1.807) is 18.2 Å². The minimum absolute atomic E-state index is 0.0782. The van der Waals surface area contributed by atoms with Crippen LogP contribution in [-0.2, 0) is 32.2 Å². The van der Waals surface area contributed by atoms with Crippen LogP contribution in [0.5, 0.6) is 11.5 Å². The second-order valence-electron chi connectivity index (χ2n) is 8.86. The highest BCUT2D eigenvalue weighted by Crippen LogP contribution is 2.31. The van der Waals surface area contributed by atoms with E-state index in [0.717, 1.165) is 29.8 Å². The third kappa shape index (κ3) is 7.16. The summed E-state index contributed by atoms with van der Waals surface area (Å²) in [5.41, 5.74) is -0.200. The van der Waals surface area contributed by atoms with Gasteiger partial charge in [0, 0.05) is 32.5 Å². The van der Waals surface area contributed by atoms with E-state index >= 15 is 0 Å². The fraction of sp³-hybridized carbons (Fsp3) is 0.440. The molecule has 38 heavy (non-hydrogen) atoms. The van der Waals surface area contributed by atoms with Crippen molar-refractivity contribution in [1.82, 2.24) is 14.9 Å². The van der Waals surface area contributed by atoms with Crippen LogP contribution >= 0.6 is 0 Å². The fourth-order valence-electron chi connectivity index (χ4n) is 4.21. The third-order valence-corrected chi connectivity index (χ3v) is 8.11. The molecule has 1 aliphatic heterocycles. The SMILES string of the molecule is COc1ccc(C[C@H](NC(C)=O)C(=O)NC2CCN(S(=O)(=O)c3ccc(C(F)(F)F)cc3)CC2)cc1OC. The molecule has 1 fully saturated rings. The molecule has 2 aromatic rings. The van der Waals surface area contributed by atoms with E-state index in [1.165, 1.54) is 25.4 Å². The Labute approximate surface area is 219 Å². The molecule has 1 heterocycles. The zero-order valence-corrected chi connectivity index (χ0v) is 22.0. The topological polar surface area (TPSA) is 114 Å². The van der Waals surface area contributed by atoms with E-state index in [2.05, 4.69) is 10.6 Å². The second kappa shape index (κ2) is 12.0. The van der Waals surface area contributed by atoms with E-state index in [-0.39, 0.29) is 36.4 Å². The van der Waals surface area contributed by atoms with Gasteiger partial charge in [0.15, 0.2) is 11.5 Å². The summed E-state index contributed by atoms with van der Waals surface area (Å²) >= 11 is 0. The summed E-state index contributed by atoms with van der Waals surface area (Å²) in [6, 6.07) is 7.31. The Bertz CT molecular complexity index is 1240. The normalized spacial score (nSPS) is 15.9. The lowest BCUT2D eigenvalue weighted by Crippen LogP contribution is -2.53. The van der Waals surface area contributed by atoms with E-state index in [1.807, 2.05) is 0 Å². The molecule has 1 saturated heterocycles. The summed E-state index contributed by atoms with van der Waals surface area (Å²) in [4.78, 5) is 24.6. The van der Waals surface area contributed by atoms with Gasteiger partial charge in [-0.2, -0.15) is 17.5 Å². The molecular weight excluding hydrogens is 527 g/mol. The number of alkyl halides is 3. The molecule has 9 nitrogen and oxygen atoms in total. The van der Waals surface area contributed by atoms with Crippen LogP contribution in [0.25, 0.3) is 0 Å². The van der Waals surface area contributed by atoms with Crippen LogP contribution in [0.4, 0.5) is 13.2 Å². The lowest BCUT2D eigenvalue weighted by molar-refractivity contribution is -0.137. The maximum absolute atomic E-state index is 13.0. The number of benzene rings is 2. The molecule has 2 aromatic carbocycles. The van der Waals surface area contributed by atoms with Gasteiger partial charge in [0.05, 0.1) is 24.7 Å². The number of hydrogen-bond donors (Lipinski definition) is 2. The second-order valence-corrected chi connectivity index (χ2v) is 10.8. The molecule has 208 valence electrons. The van der Waals surface area contributed by atoms with Gasteiger partial charge in [0.25, 0.3) is 0 Å². The van der Waals surface area contributed by atoms with Gasteiger partial charge >= 0.3 is 6.18 Å². The Morgan fingerprint density at radius 3 is 2.16 bits per heavy atom. The Hall–Kier alpha value is -3.32. The van der Waals surface area contributed by atoms with Crippen molar-refractivity contribution in [2.75, 3.05) is 27.3 Å². The van der Waals surface area contributed by atoms with E-state index in [9.17, 15) is 31.2 Å². The van der Waals surface area contributed by atoms with Crippen molar-refractivity contribution in [3.63, 3.8) is 0 Å². The number of ether oxygens (including phenoxy) is 2. The standard InChI is InChI=1S/C25H30F3N3O6S/c1-16(32)29-21(14-17-4-9-22(36-2)23(15-17)37-3)24(33)30-19-10-12-31(13-11-19)38(34,35)20-7-5-18(6-8-20)25(26,27)28/h4-9,15,19,21H,10-14H2,1-3H3,(H,29,32)(H,30,33)/t21-/m0/s1. The largest absolute Gasteiger partial charge is 0.493 e. The lowest BCUT2D eigenvalue weighted by atomic mass is 10.0. The van der Waals surface area contributed by atoms with Crippen LogP contribution in [0.1, 0.15) is 30.9 Å². The summed E-state index contributed by atoms with van der Waals surface area (Å²) in [5, 5.41) is 5.52.